The molecule has 0 unspecified atom stereocenters. The molecule has 0 aliphatic carbocycles. The lowest BCUT2D eigenvalue weighted by atomic mass is 10.1. The van der Waals surface area contributed by atoms with Gasteiger partial charge in [0.05, 0.1) is 20.6 Å². The lowest BCUT2D eigenvalue weighted by Gasteiger charge is -2.09. The van der Waals surface area contributed by atoms with Gasteiger partial charge in [-0.1, -0.05) is 24.1 Å². The number of carbonyl (C=O) groups is 3. The van der Waals surface area contributed by atoms with E-state index in [0.29, 0.717) is 17.3 Å². The molecular weight excluding hydrogens is 505 g/mol. The van der Waals surface area contributed by atoms with Gasteiger partial charge >= 0.3 is 5.97 Å². The normalized spacial score (nSPS) is 14.9. The summed E-state index contributed by atoms with van der Waals surface area (Å²) in [5.41, 5.74) is 1.83. The highest BCUT2D eigenvalue weighted by Crippen LogP contribution is 2.33. The van der Waals surface area contributed by atoms with E-state index in [0.717, 1.165) is 31.4 Å². The lowest BCUT2D eigenvalue weighted by Crippen LogP contribution is -2.28. The number of amides is 2. The molecule has 0 atom stereocenters. The second-order valence-electron chi connectivity index (χ2n) is 5.95. The molecule has 1 N–H and O–H groups in total. The van der Waals surface area contributed by atoms with Crippen molar-refractivity contribution in [3.63, 3.8) is 0 Å². The van der Waals surface area contributed by atoms with Gasteiger partial charge in [-0.3, -0.25) is 14.5 Å². The summed E-state index contributed by atoms with van der Waals surface area (Å²) < 4.78 is 6.64. The molecule has 29 heavy (non-hydrogen) atoms. The van der Waals surface area contributed by atoms with Gasteiger partial charge in [-0.15, -0.1) is 6.42 Å². The van der Waals surface area contributed by atoms with Crippen molar-refractivity contribution in [1.29, 1.82) is 0 Å². The van der Waals surface area contributed by atoms with Crippen LogP contribution in [0.3, 0.4) is 0 Å². The molecule has 2 amide bonds. The number of ether oxygens (including phenoxy) is 1. The van der Waals surface area contributed by atoms with E-state index < -0.39 is 11.9 Å². The predicted octanol–water partition coefficient (Wildman–Crippen LogP) is 4.24. The molecule has 0 radical (unpaired) electrons. The molecule has 2 aromatic carbocycles. The second-order valence-corrected chi connectivity index (χ2v) is 8.11. The van der Waals surface area contributed by atoms with Crippen molar-refractivity contribution in [3.05, 3.63) is 67.6 Å². The van der Waals surface area contributed by atoms with Gasteiger partial charge in [0, 0.05) is 0 Å². The van der Waals surface area contributed by atoms with Crippen molar-refractivity contribution in [3.8, 4) is 18.1 Å². The van der Waals surface area contributed by atoms with E-state index >= 15 is 0 Å². The van der Waals surface area contributed by atoms with Crippen molar-refractivity contribution in [2.45, 2.75) is 6.61 Å². The number of carbonyl (C=O) groups excluding carboxylic acids is 2. The van der Waals surface area contributed by atoms with Crippen molar-refractivity contribution in [2.24, 2.45) is 0 Å². The van der Waals surface area contributed by atoms with Gasteiger partial charge in [0.15, 0.2) is 0 Å². The number of terminal acetylenes is 1. The Morgan fingerprint density at radius 1 is 1.24 bits per heavy atom. The molecule has 0 aromatic heterocycles. The number of hydrogen-bond acceptors (Lipinski definition) is 5. The number of carboxylic acids is 1. The summed E-state index contributed by atoms with van der Waals surface area (Å²) in [5.74, 6) is 1.60. The van der Waals surface area contributed by atoms with Gasteiger partial charge in [0.25, 0.3) is 11.1 Å². The molecule has 0 saturated carbocycles. The van der Waals surface area contributed by atoms with Crippen LogP contribution >= 0.6 is 34.4 Å². The van der Waals surface area contributed by atoms with E-state index in [2.05, 4.69) is 28.5 Å². The SMILES string of the molecule is C#CCN1C(=O)S/C(=C/c2ccc(OCc3ccc(C(=O)O)cc3)c(I)c2)C1=O. The first-order valence-corrected chi connectivity index (χ1v) is 10.2. The third-order valence-electron chi connectivity index (χ3n) is 3.97. The Labute approximate surface area is 185 Å². The standard InChI is InChI=1S/C21H14INO5S/c1-2-9-23-19(24)18(29-21(23)27)11-14-5-8-17(16(22)10-14)28-12-13-3-6-15(7-4-13)20(25)26/h1,3-8,10-11H,9,12H2,(H,25,26)/b18-11+. The fraction of sp³-hybridized carbons (Fsp3) is 0.0952. The van der Waals surface area contributed by atoms with Crippen molar-refractivity contribution >= 4 is 57.5 Å². The number of benzene rings is 2. The fourth-order valence-electron chi connectivity index (χ4n) is 2.51. The Morgan fingerprint density at radius 2 is 1.97 bits per heavy atom. The number of nitrogens with zero attached hydrogens (tertiary/aromatic N) is 1. The van der Waals surface area contributed by atoms with E-state index in [1.807, 2.05) is 6.07 Å². The average Bonchev–Trinajstić information content (AvgIpc) is 2.95. The van der Waals surface area contributed by atoms with Crippen LogP contribution in [-0.2, 0) is 11.4 Å². The Balaban J connectivity index is 1.69. The van der Waals surface area contributed by atoms with Crippen molar-refractivity contribution in [2.75, 3.05) is 6.54 Å². The first-order chi connectivity index (χ1) is 13.9. The zero-order valence-electron chi connectivity index (χ0n) is 14.9. The van der Waals surface area contributed by atoms with Crippen LogP contribution in [0.25, 0.3) is 6.08 Å². The van der Waals surface area contributed by atoms with Crippen LogP contribution in [0, 0.1) is 15.9 Å². The molecule has 1 heterocycles. The van der Waals surface area contributed by atoms with Gasteiger partial charge in [-0.25, -0.2) is 4.79 Å². The first-order valence-electron chi connectivity index (χ1n) is 8.32. The van der Waals surface area contributed by atoms with Crippen LogP contribution in [0.2, 0.25) is 0 Å². The molecule has 1 saturated heterocycles. The van der Waals surface area contributed by atoms with Crippen molar-refractivity contribution in [1.82, 2.24) is 4.90 Å². The summed E-state index contributed by atoms with van der Waals surface area (Å²) >= 11 is 2.99. The van der Waals surface area contributed by atoms with Crippen LogP contribution < -0.4 is 4.74 Å². The van der Waals surface area contributed by atoms with Crippen LogP contribution in [-0.4, -0.2) is 33.7 Å². The summed E-state index contributed by atoms with van der Waals surface area (Å²) in [6.07, 6.45) is 6.84. The van der Waals surface area contributed by atoms with Gasteiger partial charge in [0.2, 0.25) is 0 Å². The maximum atomic E-state index is 12.2. The highest BCUT2D eigenvalue weighted by molar-refractivity contribution is 14.1. The van der Waals surface area contributed by atoms with E-state index in [1.165, 1.54) is 12.1 Å². The summed E-state index contributed by atoms with van der Waals surface area (Å²) in [4.78, 5) is 36.4. The quantitative estimate of drug-likeness (QED) is 0.350. The Morgan fingerprint density at radius 3 is 2.59 bits per heavy atom. The van der Waals surface area contributed by atoms with E-state index in [4.69, 9.17) is 16.3 Å². The second kappa shape index (κ2) is 9.15. The number of hydrogen-bond donors (Lipinski definition) is 1. The molecular formula is C21H14INO5S. The Kier molecular flexibility index (Phi) is 6.61. The van der Waals surface area contributed by atoms with E-state index in [9.17, 15) is 14.4 Å². The van der Waals surface area contributed by atoms with Gasteiger partial charge in [0.1, 0.15) is 12.4 Å². The number of rotatable bonds is 6. The smallest absolute Gasteiger partial charge is 0.335 e. The van der Waals surface area contributed by atoms with E-state index in [-0.39, 0.29) is 17.3 Å². The van der Waals surface area contributed by atoms with E-state index in [1.54, 1.807) is 30.3 Å². The fourth-order valence-corrected chi connectivity index (χ4v) is 4.04. The maximum absolute atomic E-state index is 12.2. The molecule has 8 heteroatoms. The summed E-state index contributed by atoms with van der Waals surface area (Å²) in [6, 6.07) is 11.9. The molecule has 2 aromatic rings. The van der Waals surface area contributed by atoms with Crippen LogP contribution in [0.1, 0.15) is 21.5 Å². The number of imide groups is 1. The van der Waals surface area contributed by atoms with Gasteiger partial charge in [-0.05, 0) is 75.8 Å². The minimum absolute atomic E-state index is 0.0419. The van der Waals surface area contributed by atoms with Crippen LogP contribution in [0.5, 0.6) is 5.75 Å². The minimum Gasteiger partial charge on any atom is -0.488 e. The third-order valence-corrected chi connectivity index (χ3v) is 5.72. The number of thioether (sulfide) groups is 1. The lowest BCUT2D eigenvalue weighted by molar-refractivity contribution is -0.122. The summed E-state index contributed by atoms with van der Waals surface area (Å²) in [7, 11) is 0. The molecule has 1 aliphatic heterocycles. The van der Waals surface area contributed by atoms with Crippen LogP contribution in [0.4, 0.5) is 4.79 Å². The minimum atomic E-state index is -0.972. The molecule has 3 rings (SSSR count). The summed E-state index contributed by atoms with van der Waals surface area (Å²) in [5, 5.41) is 8.56. The van der Waals surface area contributed by atoms with Gasteiger partial charge < -0.3 is 9.84 Å². The molecule has 1 aliphatic rings. The molecule has 1 fully saturated rings. The highest BCUT2D eigenvalue weighted by atomic mass is 127. The van der Waals surface area contributed by atoms with Gasteiger partial charge in [-0.2, -0.15) is 0 Å². The zero-order valence-corrected chi connectivity index (χ0v) is 17.9. The monoisotopic (exact) mass is 519 g/mol. The molecule has 146 valence electrons. The predicted molar refractivity (Wildman–Crippen MR) is 118 cm³/mol. The molecule has 0 bridgehead atoms. The topological polar surface area (TPSA) is 83.9 Å². The average molecular weight is 519 g/mol. The third kappa shape index (κ3) is 4.99. The Hall–Kier alpha value is -2.77. The largest absolute Gasteiger partial charge is 0.488 e. The number of aromatic carboxylic acids is 1. The molecule has 6 nitrogen and oxygen atoms in total. The highest BCUT2D eigenvalue weighted by Gasteiger charge is 2.34. The van der Waals surface area contributed by atoms with Crippen molar-refractivity contribution < 1.29 is 24.2 Å². The number of halogens is 1. The molecule has 0 spiro atoms. The number of carboxylic acid groups (broad SMARTS) is 1. The zero-order chi connectivity index (χ0) is 21.0. The maximum Gasteiger partial charge on any atom is 0.335 e. The van der Waals surface area contributed by atoms with Crippen LogP contribution in [0.15, 0.2) is 47.4 Å². The first kappa shape index (κ1) is 21.0. The summed E-state index contributed by atoms with van der Waals surface area (Å²) in [6.45, 7) is 0.250. The Bertz CT molecular complexity index is 1060.